The predicted octanol–water partition coefficient (Wildman–Crippen LogP) is 4.57. The molecule has 0 amide bonds. The maximum absolute atomic E-state index is 6.10. The van der Waals surface area contributed by atoms with E-state index in [9.17, 15) is 0 Å². The second-order valence-electron chi connectivity index (χ2n) is 7.79. The molecule has 1 aliphatic heterocycles. The zero-order valence-corrected chi connectivity index (χ0v) is 21.7. The van der Waals surface area contributed by atoms with Crippen molar-refractivity contribution in [2.45, 2.75) is 52.5 Å². The molecule has 0 spiro atoms. The van der Waals surface area contributed by atoms with Gasteiger partial charge in [0, 0.05) is 38.9 Å². The molecule has 1 heterocycles. The Labute approximate surface area is 209 Å². The fourth-order valence-electron chi connectivity index (χ4n) is 3.46. The first-order chi connectivity index (χ1) is 15.2. The number of nitrogens with one attached hydrogen (secondary N) is 2. The van der Waals surface area contributed by atoms with E-state index in [1.54, 1.807) is 7.05 Å². The van der Waals surface area contributed by atoms with Crippen molar-refractivity contribution in [1.29, 1.82) is 0 Å². The number of aryl methyl sites for hydroxylation is 1. The molecule has 1 atom stereocenters. The minimum absolute atomic E-state index is 0. The summed E-state index contributed by atoms with van der Waals surface area (Å²) in [5.41, 5.74) is 4.66. The molecule has 6 nitrogen and oxygen atoms in total. The van der Waals surface area contributed by atoms with Crippen LogP contribution in [0.1, 0.15) is 42.0 Å². The number of hydrogen-bond donors (Lipinski definition) is 2. The maximum Gasteiger partial charge on any atom is 0.191 e. The molecule has 0 aromatic heterocycles. The number of hydrogen-bond acceptors (Lipinski definition) is 4. The molecule has 0 aliphatic carbocycles. The highest BCUT2D eigenvalue weighted by Crippen LogP contribution is 2.22. The molecule has 7 heteroatoms. The molecular formula is C25H36IN3O3. The SMILES string of the molecule is CCOCc1ccc(CNC(=NC)NCc2ccc(C)cc2OCC2CCCO2)cc1.I. The highest BCUT2D eigenvalue weighted by molar-refractivity contribution is 14.0. The average Bonchev–Trinajstić information content (AvgIpc) is 3.32. The second kappa shape index (κ2) is 14.3. The standard InChI is InChI=1S/C25H35N3O3.HI/c1-4-29-17-21-10-8-20(9-11-21)15-27-25(26-3)28-16-22-12-7-19(2)14-24(22)31-18-23-6-5-13-30-23;/h7-12,14,23H,4-6,13,15-18H2,1-3H3,(H2,26,27,28);1H. The number of benzene rings is 2. The van der Waals surface area contributed by atoms with Crippen LogP contribution in [0.2, 0.25) is 0 Å². The number of rotatable bonds is 10. The Morgan fingerprint density at radius 3 is 2.53 bits per heavy atom. The summed E-state index contributed by atoms with van der Waals surface area (Å²) in [5, 5.41) is 6.76. The summed E-state index contributed by atoms with van der Waals surface area (Å²) in [4.78, 5) is 4.35. The Balaban J connectivity index is 0.00000363. The van der Waals surface area contributed by atoms with E-state index < -0.39 is 0 Å². The van der Waals surface area contributed by atoms with Crippen molar-refractivity contribution in [3.05, 3.63) is 64.7 Å². The van der Waals surface area contributed by atoms with E-state index in [0.717, 1.165) is 43.3 Å². The van der Waals surface area contributed by atoms with Crippen LogP contribution in [0.15, 0.2) is 47.5 Å². The van der Waals surface area contributed by atoms with Crippen molar-refractivity contribution in [2.24, 2.45) is 4.99 Å². The largest absolute Gasteiger partial charge is 0.491 e. The molecule has 2 aromatic carbocycles. The van der Waals surface area contributed by atoms with Gasteiger partial charge in [0.25, 0.3) is 0 Å². The van der Waals surface area contributed by atoms with Crippen LogP contribution in [0.5, 0.6) is 5.75 Å². The highest BCUT2D eigenvalue weighted by Gasteiger charge is 2.17. The summed E-state index contributed by atoms with van der Waals surface area (Å²) in [6.45, 7) is 8.24. The lowest BCUT2D eigenvalue weighted by Gasteiger charge is -2.17. The van der Waals surface area contributed by atoms with Gasteiger partial charge in [0.15, 0.2) is 5.96 Å². The van der Waals surface area contributed by atoms with E-state index in [1.807, 2.05) is 6.92 Å². The van der Waals surface area contributed by atoms with Crippen molar-refractivity contribution in [2.75, 3.05) is 26.9 Å². The van der Waals surface area contributed by atoms with Crippen LogP contribution in [0, 0.1) is 6.92 Å². The zero-order valence-electron chi connectivity index (χ0n) is 19.4. The molecule has 1 fully saturated rings. The average molecular weight is 553 g/mol. The lowest BCUT2D eigenvalue weighted by atomic mass is 10.1. The Bertz CT molecular complexity index is 837. The lowest BCUT2D eigenvalue weighted by molar-refractivity contribution is 0.0676. The molecule has 0 saturated carbocycles. The minimum atomic E-state index is 0. The summed E-state index contributed by atoms with van der Waals surface area (Å²) < 4.78 is 17.2. The van der Waals surface area contributed by atoms with Crippen LogP contribution >= 0.6 is 24.0 Å². The van der Waals surface area contributed by atoms with Gasteiger partial charge in [-0.3, -0.25) is 4.99 Å². The molecule has 176 valence electrons. The first-order valence-electron chi connectivity index (χ1n) is 11.1. The van der Waals surface area contributed by atoms with Crippen LogP contribution in [0.4, 0.5) is 0 Å². The van der Waals surface area contributed by atoms with Gasteiger partial charge in [-0.05, 0) is 49.4 Å². The molecular weight excluding hydrogens is 517 g/mol. The van der Waals surface area contributed by atoms with Gasteiger partial charge in [-0.15, -0.1) is 24.0 Å². The Hall–Kier alpha value is -1.84. The van der Waals surface area contributed by atoms with Gasteiger partial charge in [0.1, 0.15) is 12.4 Å². The Morgan fingerprint density at radius 2 is 1.84 bits per heavy atom. The van der Waals surface area contributed by atoms with Crippen LogP contribution in [0.3, 0.4) is 0 Å². The minimum Gasteiger partial charge on any atom is -0.491 e. The van der Waals surface area contributed by atoms with Gasteiger partial charge in [-0.2, -0.15) is 0 Å². The van der Waals surface area contributed by atoms with Crippen molar-refractivity contribution >= 4 is 29.9 Å². The molecule has 1 aliphatic rings. The number of guanidine groups is 1. The van der Waals surface area contributed by atoms with Crippen molar-refractivity contribution in [3.8, 4) is 5.75 Å². The molecule has 0 bridgehead atoms. The molecule has 2 aromatic rings. The van der Waals surface area contributed by atoms with Gasteiger partial charge >= 0.3 is 0 Å². The number of nitrogens with zero attached hydrogens (tertiary/aromatic N) is 1. The summed E-state index contributed by atoms with van der Waals surface area (Å²) in [5.74, 6) is 1.66. The number of ether oxygens (including phenoxy) is 3. The zero-order chi connectivity index (χ0) is 21.9. The van der Waals surface area contributed by atoms with Gasteiger partial charge < -0.3 is 24.8 Å². The highest BCUT2D eigenvalue weighted by atomic mass is 127. The molecule has 1 saturated heterocycles. The molecule has 32 heavy (non-hydrogen) atoms. The van der Waals surface area contributed by atoms with Crippen LogP contribution in [-0.4, -0.2) is 38.9 Å². The van der Waals surface area contributed by atoms with Crippen molar-refractivity contribution < 1.29 is 14.2 Å². The number of halogens is 1. The van der Waals surface area contributed by atoms with Gasteiger partial charge in [-0.1, -0.05) is 36.4 Å². The second-order valence-corrected chi connectivity index (χ2v) is 7.79. The first kappa shape index (κ1) is 26.4. The lowest BCUT2D eigenvalue weighted by Crippen LogP contribution is -2.36. The van der Waals surface area contributed by atoms with Gasteiger partial charge in [0.2, 0.25) is 0 Å². The number of aliphatic imine (C=N–C) groups is 1. The van der Waals surface area contributed by atoms with Crippen molar-refractivity contribution in [1.82, 2.24) is 10.6 Å². The van der Waals surface area contributed by atoms with E-state index in [2.05, 4.69) is 65.0 Å². The normalized spacial score (nSPS) is 15.8. The maximum atomic E-state index is 6.10. The summed E-state index contributed by atoms with van der Waals surface area (Å²) in [6, 6.07) is 14.7. The third kappa shape index (κ3) is 8.60. The summed E-state index contributed by atoms with van der Waals surface area (Å²) in [7, 11) is 1.78. The summed E-state index contributed by atoms with van der Waals surface area (Å²) >= 11 is 0. The van der Waals surface area contributed by atoms with Crippen LogP contribution in [-0.2, 0) is 29.2 Å². The summed E-state index contributed by atoms with van der Waals surface area (Å²) in [6.07, 6.45) is 2.39. The third-order valence-electron chi connectivity index (χ3n) is 5.30. The van der Waals surface area contributed by atoms with E-state index >= 15 is 0 Å². The third-order valence-corrected chi connectivity index (χ3v) is 5.30. The van der Waals surface area contributed by atoms with E-state index in [1.165, 1.54) is 16.7 Å². The smallest absolute Gasteiger partial charge is 0.191 e. The molecule has 2 N–H and O–H groups in total. The Kier molecular flexibility index (Phi) is 11.8. The van der Waals surface area contributed by atoms with E-state index in [4.69, 9.17) is 14.2 Å². The fraction of sp³-hybridized carbons (Fsp3) is 0.480. The van der Waals surface area contributed by atoms with Gasteiger partial charge in [0.05, 0.1) is 12.7 Å². The van der Waals surface area contributed by atoms with E-state index in [0.29, 0.717) is 26.3 Å². The Morgan fingerprint density at radius 1 is 1.09 bits per heavy atom. The van der Waals surface area contributed by atoms with Gasteiger partial charge in [-0.25, -0.2) is 0 Å². The van der Waals surface area contributed by atoms with E-state index in [-0.39, 0.29) is 30.1 Å². The topological polar surface area (TPSA) is 64.1 Å². The predicted molar refractivity (Wildman–Crippen MR) is 140 cm³/mol. The first-order valence-corrected chi connectivity index (χ1v) is 11.1. The molecule has 3 rings (SSSR count). The molecule has 0 radical (unpaired) electrons. The van der Waals surface area contributed by atoms with Crippen LogP contribution in [0.25, 0.3) is 0 Å². The monoisotopic (exact) mass is 553 g/mol. The van der Waals surface area contributed by atoms with Crippen LogP contribution < -0.4 is 15.4 Å². The fourth-order valence-corrected chi connectivity index (χ4v) is 3.46. The van der Waals surface area contributed by atoms with Crippen molar-refractivity contribution in [3.63, 3.8) is 0 Å². The molecule has 1 unspecified atom stereocenters. The quantitative estimate of drug-likeness (QED) is 0.257.